The van der Waals surface area contributed by atoms with Gasteiger partial charge in [-0.25, -0.2) is 0 Å². The van der Waals surface area contributed by atoms with Crippen LogP contribution in [0.25, 0.3) is 0 Å². The maximum absolute atomic E-state index is 8.89. The van der Waals surface area contributed by atoms with Crippen LogP contribution in [0.3, 0.4) is 0 Å². The van der Waals surface area contributed by atoms with E-state index in [-0.39, 0.29) is 5.54 Å². The second-order valence-electron chi connectivity index (χ2n) is 3.28. The predicted octanol–water partition coefficient (Wildman–Crippen LogP) is 0.361. The lowest BCUT2D eigenvalue weighted by Gasteiger charge is -2.11. The summed E-state index contributed by atoms with van der Waals surface area (Å²) in [5.41, 5.74) is 0.110. The quantitative estimate of drug-likeness (QED) is 0.402. The lowest BCUT2D eigenvalue weighted by molar-refractivity contribution is 0.382. The summed E-state index contributed by atoms with van der Waals surface area (Å²) in [6, 6.07) is 0. The average molecular weight is 191 g/mol. The van der Waals surface area contributed by atoms with Gasteiger partial charge >= 0.3 is 9.28 Å². The van der Waals surface area contributed by atoms with Crippen molar-refractivity contribution >= 4 is 9.28 Å². The van der Waals surface area contributed by atoms with Gasteiger partial charge in [-0.2, -0.15) is 0 Å². The van der Waals surface area contributed by atoms with Crippen LogP contribution in [0.1, 0.15) is 33.1 Å². The van der Waals surface area contributed by atoms with E-state index in [1.54, 1.807) is 0 Å². The first-order valence-corrected chi connectivity index (χ1v) is 6.45. The smallest absolute Gasteiger partial charge is 0.318 e. The van der Waals surface area contributed by atoms with Crippen molar-refractivity contribution in [3.63, 3.8) is 0 Å². The van der Waals surface area contributed by atoms with Crippen molar-refractivity contribution < 1.29 is 9.59 Å². The van der Waals surface area contributed by atoms with E-state index in [1.165, 1.54) is 12.8 Å². The summed E-state index contributed by atoms with van der Waals surface area (Å²) in [4.78, 5) is 17.8. The maximum Gasteiger partial charge on any atom is 0.318 e. The van der Waals surface area contributed by atoms with E-state index >= 15 is 0 Å². The molecule has 0 aliphatic rings. The molecule has 1 atom stereocenters. The molecule has 0 heterocycles. The molecule has 0 aromatic heterocycles. The zero-order chi connectivity index (χ0) is 9.40. The molecule has 4 heteroatoms. The van der Waals surface area contributed by atoms with Crippen molar-refractivity contribution in [3.05, 3.63) is 0 Å². The zero-order valence-electron chi connectivity index (χ0n) is 8.08. The molecule has 0 aromatic rings. The number of unbranched alkanes of at least 4 members (excludes halogenated alkanes) is 1. The molecule has 12 heavy (non-hydrogen) atoms. The number of hydrogen-bond acceptors (Lipinski definition) is 3. The molecule has 0 aromatic carbocycles. The van der Waals surface area contributed by atoms with Crippen LogP contribution in [-0.2, 0) is 0 Å². The van der Waals surface area contributed by atoms with Gasteiger partial charge in [-0.3, -0.25) is 0 Å². The van der Waals surface area contributed by atoms with Gasteiger partial charge in [0.15, 0.2) is 0 Å². The summed E-state index contributed by atoms with van der Waals surface area (Å²) in [7, 11) is -2.36. The van der Waals surface area contributed by atoms with Crippen molar-refractivity contribution in [3.8, 4) is 0 Å². The standard InChI is InChI=1S/C8H21NO2Si/c1-3-4-6-9-7-5-8(2)12(10)11/h8-12H,3-7H2,1-2H3. The molecule has 0 saturated carbocycles. The summed E-state index contributed by atoms with van der Waals surface area (Å²) in [6.07, 6.45) is 3.29. The third kappa shape index (κ3) is 6.79. The Morgan fingerprint density at radius 1 is 1.33 bits per heavy atom. The SMILES string of the molecule is CCCCNCCC(C)[SiH](O)O. The van der Waals surface area contributed by atoms with E-state index < -0.39 is 9.28 Å². The highest BCUT2D eigenvalue weighted by atomic mass is 28.3. The molecule has 0 rings (SSSR count). The van der Waals surface area contributed by atoms with E-state index in [0.29, 0.717) is 0 Å². The monoisotopic (exact) mass is 191 g/mol. The number of rotatable bonds is 7. The fraction of sp³-hybridized carbons (Fsp3) is 1.00. The first kappa shape index (κ1) is 12.1. The fourth-order valence-corrected chi connectivity index (χ4v) is 1.37. The van der Waals surface area contributed by atoms with Crippen LogP contribution >= 0.6 is 0 Å². The van der Waals surface area contributed by atoms with Crippen molar-refractivity contribution in [1.29, 1.82) is 0 Å². The third-order valence-electron chi connectivity index (χ3n) is 1.99. The zero-order valence-corrected chi connectivity index (χ0v) is 9.24. The molecular weight excluding hydrogens is 170 g/mol. The normalized spacial score (nSPS) is 13.8. The van der Waals surface area contributed by atoms with Crippen LogP contribution in [0.15, 0.2) is 0 Å². The predicted molar refractivity (Wildman–Crippen MR) is 53.4 cm³/mol. The second-order valence-corrected chi connectivity index (χ2v) is 5.25. The van der Waals surface area contributed by atoms with E-state index in [0.717, 1.165) is 19.5 Å². The third-order valence-corrected chi connectivity index (χ3v) is 3.34. The van der Waals surface area contributed by atoms with Gasteiger partial charge in [-0.1, -0.05) is 20.3 Å². The molecule has 1 unspecified atom stereocenters. The lowest BCUT2D eigenvalue weighted by atomic mass is 10.3. The molecular formula is C8H21NO2Si. The summed E-state index contributed by atoms with van der Waals surface area (Å²) in [6.45, 7) is 6.02. The highest BCUT2D eigenvalue weighted by Crippen LogP contribution is 2.08. The number of nitrogens with one attached hydrogen (secondary N) is 1. The van der Waals surface area contributed by atoms with E-state index in [4.69, 9.17) is 9.59 Å². The van der Waals surface area contributed by atoms with Crippen molar-refractivity contribution in [1.82, 2.24) is 5.32 Å². The van der Waals surface area contributed by atoms with Crippen molar-refractivity contribution in [2.24, 2.45) is 0 Å². The van der Waals surface area contributed by atoms with Gasteiger partial charge in [0.2, 0.25) is 0 Å². The minimum Gasteiger partial charge on any atom is -0.413 e. The Bertz CT molecular complexity index is 101. The van der Waals surface area contributed by atoms with Gasteiger partial charge in [-0.05, 0) is 31.5 Å². The molecule has 0 amide bonds. The van der Waals surface area contributed by atoms with Gasteiger partial charge < -0.3 is 14.9 Å². The van der Waals surface area contributed by atoms with Gasteiger partial charge in [0.1, 0.15) is 0 Å². The minimum atomic E-state index is -2.36. The molecule has 3 N–H and O–H groups in total. The largest absolute Gasteiger partial charge is 0.413 e. The Hall–Kier alpha value is 0.0969. The van der Waals surface area contributed by atoms with Gasteiger partial charge in [-0.15, -0.1) is 0 Å². The minimum absolute atomic E-state index is 0.110. The van der Waals surface area contributed by atoms with Gasteiger partial charge in [0.05, 0.1) is 0 Å². The molecule has 74 valence electrons. The molecule has 3 nitrogen and oxygen atoms in total. The molecule has 0 aliphatic heterocycles. The molecule has 0 radical (unpaired) electrons. The highest BCUT2D eigenvalue weighted by molar-refractivity contribution is 6.42. The Morgan fingerprint density at radius 2 is 2.00 bits per heavy atom. The average Bonchev–Trinajstić information content (AvgIpc) is 2.03. The highest BCUT2D eigenvalue weighted by Gasteiger charge is 2.12. The Kier molecular flexibility index (Phi) is 7.79. The molecule has 0 bridgehead atoms. The van der Waals surface area contributed by atoms with Crippen LogP contribution in [0.2, 0.25) is 5.54 Å². The Morgan fingerprint density at radius 3 is 2.50 bits per heavy atom. The van der Waals surface area contributed by atoms with Gasteiger partial charge in [0.25, 0.3) is 0 Å². The van der Waals surface area contributed by atoms with Crippen LogP contribution in [0, 0.1) is 0 Å². The first-order valence-electron chi connectivity index (χ1n) is 4.75. The Balaban J connectivity index is 3.08. The molecule has 0 spiro atoms. The van der Waals surface area contributed by atoms with Crippen LogP contribution < -0.4 is 5.32 Å². The summed E-state index contributed by atoms with van der Waals surface area (Å²) in [5, 5.41) is 3.27. The van der Waals surface area contributed by atoms with E-state index in [2.05, 4.69) is 12.2 Å². The first-order chi connectivity index (χ1) is 5.68. The maximum atomic E-state index is 8.89. The summed E-state index contributed by atoms with van der Waals surface area (Å²) >= 11 is 0. The van der Waals surface area contributed by atoms with Gasteiger partial charge in [0, 0.05) is 0 Å². The van der Waals surface area contributed by atoms with Crippen LogP contribution in [-0.4, -0.2) is 32.0 Å². The molecule has 0 saturated heterocycles. The summed E-state index contributed by atoms with van der Waals surface area (Å²) in [5.74, 6) is 0. The topological polar surface area (TPSA) is 52.5 Å². The molecule has 0 fully saturated rings. The lowest BCUT2D eigenvalue weighted by Crippen LogP contribution is -2.23. The van der Waals surface area contributed by atoms with Crippen molar-refractivity contribution in [2.75, 3.05) is 13.1 Å². The van der Waals surface area contributed by atoms with Crippen molar-refractivity contribution in [2.45, 2.75) is 38.7 Å². The summed E-state index contributed by atoms with van der Waals surface area (Å²) < 4.78 is 0. The van der Waals surface area contributed by atoms with E-state index in [1.807, 2.05) is 6.92 Å². The Labute approximate surface area is 76.7 Å². The second kappa shape index (κ2) is 7.73. The van der Waals surface area contributed by atoms with Crippen LogP contribution in [0.5, 0.6) is 0 Å². The molecule has 0 aliphatic carbocycles. The van der Waals surface area contributed by atoms with Crippen LogP contribution in [0.4, 0.5) is 0 Å². The number of hydrogen-bond donors (Lipinski definition) is 3. The fourth-order valence-electron chi connectivity index (χ4n) is 0.906. The van der Waals surface area contributed by atoms with E-state index in [9.17, 15) is 0 Å².